The van der Waals surface area contributed by atoms with Gasteiger partial charge in [0, 0.05) is 23.9 Å². The molecule has 0 bridgehead atoms. The maximum Gasteiger partial charge on any atom is 0.229 e. The van der Waals surface area contributed by atoms with E-state index < -0.39 is 10.0 Å². The van der Waals surface area contributed by atoms with Crippen LogP contribution in [0.25, 0.3) is 0 Å². The zero-order chi connectivity index (χ0) is 20.1. The minimum absolute atomic E-state index is 0.0122. The number of thiazole rings is 1. The highest BCUT2D eigenvalue weighted by atomic mass is 32.2. The van der Waals surface area contributed by atoms with Crippen LogP contribution in [0.15, 0.2) is 0 Å². The molecule has 1 N–H and O–H groups in total. The molecule has 28 heavy (non-hydrogen) atoms. The van der Waals surface area contributed by atoms with E-state index in [0.717, 1.165) is 30.9 Å². The third-order valence-electron chi connectivity index (χ3n) is 5.94. The highest BCUT2D eigenvalue weighted by Gasteiger charge is 2.31. The molecule has 1 aliphatic heterocycles. The van der Waals surface area contributed by atoms with Crippen LogP contribution in [0.2, 0.25) is 0 Å². The number of piperidine rings is 1. The van der Waals surface area contributed by atoms with Gasteiger partial charge >= 0.3 is 0 Å². The molecule has 1 aromatic heterocycles. The van der Waals surface area contributed by atoms with Crippen LogP contribution in [0.3, 0.4) is 0 Å². The van der Waals surface area contributed by atoms with Crippen molar-refractivity contribution >= 4 is 32.4 Å². The first-order valence-corrected chi connectivity index (χ1v) is 13.1. The van der Waals surface area contributed by atoms with Gasteiger partial charge in [-0.3, -0.25) is 4.79 Å². The lowest BCUT2D eigenvalue weighted by Crippen LogP contribution is -2.42. The molecule has 1 aliphatic carbocycles. The number of nitrogens with one attached hydrogen (secondary N) is 1. The lowest BCUT2D eigenvalue weighted by Gasteiger charge is -2.30. The Balaban J connectivity index is 1.52. The monoisotopic (exact) mass is 427 g/mol. The maximum absolute atomic E-state index is 12.7. The highest BCUT2D eigenvalue weighted by molar-refractivity contribution is 7.89. The van der Waals surface area contributed by atoms with Crippen molar-refractivity contribution in [2.75, 3.05) is 24.2 Å². The molecule has 6 nitrogen and oxygen atoms in total. The van der Waals surface area contributed by atoms with Gasteiger partial charge in [0.1, 0.15) is 0 Å². The van der Waals surface area contributed by atoms with Crippen molar-refractivity contribution < 1.29 is 13.2 Å². The van der Waals surface area contributed by atoms with Crippen molar-refractivity contribution in [1.29, 1.82) is 0 Å². The molecule has 1 fully saturated rings. The summed E-state index contributed by atoms with van der Waals surface area (Å²) in [5.74, 6) is 0.818. The van der Waals surface area contributed by atoms with E-state index in [1.165, 1.54) is 24.1 Å². The topological polar surface area (TPSA) is 79.4 Å². The van der Waals surface area contributed by atoms with Crippen molar-refractivity contribution in [2.24, 2.45) is 11.8 Å². The van der Waals surface area contributed by atoms with Crippen LogP contribution in [-0.2, 0) is 27.7 Å². The predicted octanol–water partition coefficient (Wildman–Crippen LogP) is 3.83. The molecule has 1 saturated heterocycles. The molecule has 0 radical (unpaired) electrons. The van der Waals surface area contributed by atoms with Crippen molar-refractivity contribution in [3.8, 4) is 0 Å². The molecule has 2 heterocycles. The van der Waals surface area contributed by atoms with Crippen LogP contribution in [0.5, 0.6) is 0 Å². The first-order chi connectivity index (χ1) is 13.4. The quantitative estimate of drug-likeness (QED) is 0.684. The number of hydrogen-bond acceptors (Lipinski definition) is 5. The largest absolute Gasteiger partial charge is 0.302 e. The molecule has 8 heteroatoms. The second kappa shape index (κ2) is 9.67. The number of fused-ring (bicyclic) bond motifs is 1. The Morgan fingerprint density at radius 3 is 2.64 bits per heavy atom. The van der Waals surface area contributed by atoms with E-state index in [1.54, 1.807) is 15.6 Å². The van der Waals surface area contributed by atoms with Gasteiger partial charge in [0.05, 0.1) is 11.4 Å². The number of aryl methyl sites for hydroxylation is 1. The average molecular weight is 428 g/mol. The Morgan fingerprint density at radius 1 is 1.21 bits per heavy atom. The molecule has 2 aliphatic rings. The molecule has 1 unspecified atom stereocenters. The van der Waals surface area contributed by atoms with E-state index in [9.17, 15) is 13.2 Å². The van der Waals surface area contributed by atoms with Crippen molar-refractivity contribution in [2.45, 2.75) is 71.6 Å². The number of rotatable bonds is 8. The number of anilines is 1. The molecule has 1 aromatic rings. The lowest BCUT2D eigenvalue weighted by molar-refractivity contribution is -0.120. The van der Waals surface area contributed by atoms with Crippen LogP contribution in [0, 0.1) is 11.8 Å². The molecule has 0 aromatic carbocycles. The molecular formula is C20H33N3O3S2. The molecule has 0 saturated carbocycles. The van der Waals surface area contributed by atoms with Gasteiger partial charge in [-0.2, -0.15) is 0 Å². The predicted molar refractivity (Wildman–Crippen MR) is 114 cm³/mol. The van der Waals surface area contributed by atoms with E-state index in [1.807, 2.05) is 6.92 Å². The minimum Gasteiger partial charge on any atom is -0.302 e. The van der Waals surface area contributed by atoms with Crippen molar-refractivity contribution in [3.63, 3.8) is 0 Å². The van der Waals surface area contributed by atoms with Gasteiger partial charge in [-0.25, -0.2) is 17.7 Å². The standard InChI is InChI=1S/C20H33N3O3S2/c1-3-5-13-28(25,26)23-11-9-16(10-12-23)19(24)22-20-21-17-8-7-15(6-4-2)14-18(17)27-20/h15-16H,3-14H2,1-2H3,(H,21,22,24). The van der Waals surface area contributed by atoms with Gasteiger partial charge in [0.15, 0.2) is 5.13 Å². The molecule has 0 spiro atoms. The number of carbonyl (C=O) groups is 1. The maximum atomic E-state index is 12.7. The number of hydrogen-bond donors (Lipinski definition) is 1. The van der Waals surface area contributed by atoms with Gasteiger partial charge in [-0.05, 0) is 44.4 Å². The van der Waals surface area contributed by atoms with Crippen LogP contribution < -0.4 is 5.32 Å². The van der Waals surface area contributed by atoms with Gasteiger partial charge in [0.2, 0.25) is 15.9 Å². The molecule has 158 valence electrons. The van der Waals surface area contributed by atoms with Gasteiger partial charge in [-0.1, -0.05) is 33.1 Å². The summed E-state index contributed by atoms with van der Waals surface area (Å²) >= 11 is 1.62. The molecule has 1 atom stereocenters. The number of nitrogens with zero attached hydrogens (tertiary/aromatic N) is 2. The normalized spacial score (nSPS) is 21.4. The lowest BCUT2D eigenvalue weighted by atomic mass is 9.88. The summed E-state index contributed by atoms with van der Waals surface area (Å²) in [6.45, 7) is 5.11. The Morgan fingerprint density at radius 2 is 1.96 bits per heavy atom. The van der Waals surface area contributed by atoms with Gasteiger partial charge in [0.25, 0.3) is 0 Å². The van der Waals surface area contributed by atoms with Gasteiger partial charge in [-0.15, -0.1) is 11.3 Å². The molecule has 1 amide bonds. The minimum atomic E-state index is -3.17. The summed E-state index contributed by atoms with van der Waals surface area (Å²) < 4.78 is 26.2. The first kappa shape index (κ1) is 21.7. The van der Waals surface area contributed by atoms with E-state index >= 15 is 0 Å². The fraction of sp³-hybridized carbons (Fsp3) is 0.800. The van der Waals surface area contributed by atoms with Crippen LogP contribution in [-0.4, -0.2) is 42.5 Å². The van der Waals surface area contributed by atoms with Crippen molar-refractivity contribution in [1.82, 2.24) is 9.29 Å². The summed E-state index contributed by atoms with van der Waals surface area (Å²) in [6, 6.07) is 0. The van der Waals surface area contributed by atoms with Crippen LogP contribution >= 0.6 is 11.3 Å². The van der Waals surface area contributed by atoms with Gasteiger partial charge < -0.3 is 5.32 Å². The smallest absolute Gasteiger partial charge is 0.229 e. The summed E-state index contributed by atoms with van der Waals surface area (Å²) in [5.41, 5.74) is 1.16. The number of aromatic nitrogens is 1. The summed E-state index contributed by atoms with van der Waals surface area (Å²) in [5, 5.41) is 3.72. The van der Waals surface area contributed by atoms with E-state index in [0.29, 0.717) is 37.5 Å². The number of amides is 1. The highest BCUT2D eigenvalue weighted by Crippen LogP contribution is 2.34. The second-order valence-electron chi connectivity index (χ2n) is 8.12. The summed E-state index contributed by atoms with van der Waals surface area (Å²) in [4.78, 5) is 18.6. The zero-order valence-electron chi connectivity index (χ0n) is 17.1. The number of unbranched alkanes of at least 4 members (excludes halogenated alkanes) is 1. The van der Waals surface area contributed by atoms with Crippen molar-refractivity contribution in [3.05, 3.63) is 10.6 Å². The van der Waals surface area contributed by atoms with E-state index in [2.05, 4.69) is 17.2 Å². The third-order valence-corrected chi connectivity index (χ3v) is 8.93. The fourth-order valence-electron chi connectivity index (χ4n) is 4.21. The van der Waals surface area contributed by atoms with Crippen LogP contribution in [0.4, 0.5) is 5.13 Å². The van der Waals surface area contributed by atoms with E-state index in [4.69, 9.17) is 0 Å². The second-order valence-corrected chi connectivity index (χ2v) is 11.3. The zero-order valence-corrected chi connectivity index (χ0v) is 18.7. The Hall–Kier alpha value is -0.990. The van der Waals surface area contributed by atoms with Crippen LogP contribution in [0.1, 0.15) is 69.4 Å². The fourth-order valence-corrected chi connectivity index (χ4v) is 7.02. The molecular weight excluding hydrogens is 394 g/mol. The molecule has 3 rings (SSSR count). The first-order valence-electron chi connectivity index (χ1n) is 10.7. The van der Waals surface area contributed by atoms with E-state index in [-0.39, 0.29) is 17.6 Å². The Labute approximate surface area is 173 Å². The average Bonchev–Trinajstić information content (AvgIpc) is 3.08. The number of sulfonamides is 1. The Bertz CT molecular complexity index is 768. The summed E-state index contributed by atoms with van der Waals surface area (Å²) in [6.07, 6.45) is 8.51. The SMILES string of the molecule is CCCCS(=O)(=O)N1CCC(C(=O)Nc2nc3c(s2)CC(CCC)CC3)CC1. The Kier molecular flexibility index (Phi) is 7.50. The summed E-state index contributed by atoms with van der Waals surface area (Å²) in [7, 11) is -3.17. The third kappa shape index (κ3) is 5.33. The number of carbonyl (C=O) groups excluding carboxylic acids is 1.